The summed E-state index contributed by atoms with van der Waals surface area (Å²) >= 11 is 0. The van der Waals surface area contributed by atoms with Crippen molar-refractivity contribution < 1.29 is 18.3 Å². The molecule has 0 saturated heterocycles. The Kier molecular flexibility index (Phi) is 4.62. The third kappa shape index (κ3) is 3.52. The van der Waals surface area contributed by atoms with Crippen LogP contribution in [0.4, 0.5) is 0 Å². The molecule has 0 atom stereocenters. The van der Waals surface area contributed by atoms with Crippen LogP contribution in [0.3, 0.4) is 0 Å². The Morgan fingerprint density at radius 1 is 1.32 bits per heavy atom. The summed E-state index contributed by atoms with van der Waals surface area (Å²) in [6, 6.07) is 8.34. The van der Waals surface area contributed by atoms with Gasteiger partial charge in [-0.1, -0.05) is 19.1 Å². The first kappa shape index (κ1) is 16.2. The summed E-state index contributed by atoms with van der Waals surface area (Å²) in [7, 11) is -1.95. The molecule has 8 heteroatoms. The molecule has 0 aliphatic heterocycles. The van der Waals surface area contributed by atoms with E-state index in [4.69, 9.17) is 5.11 Å². The van der Waals surface area contributed by atoms with Crippen molar-refractivity contribution >= 4 is 16.0 Å². The summed E-state index contributed by atoms with van der Waals surface area (Å²) in [6.07, 6.45) is 0.635. The van der Waals surface area contributed by atoms with Crippen molar-refractivity contribution in [3.8, 4) is 5.69 Å². The maximum Gasteiger partial charge on any atom is 0.356 e. The van der Waals surface area contributed by atoms with Gasteiger partial charge >= 0.3 is 5.97 Å². The summed E-state index contributed by atoms with van der Waals surface area (Å²) in [4.78, 5) is 11.0. The van der Waals surface area contributed by atoms with Gasteiger partial charge in [-0.25, -0.2) is 22.6 Å². The maximum absolute atomic E-state index is 11.5. The standard InChI is InChI=1S/C14H17N3O4S/c1-3-11-8-13(14(18)19)16-17(11)12-6-4-10(5-7-12)9-22(20,21)15-2/h4-8,15H,3,9H2,1-2H3,(H,18,19). The number of nitrogens with one attached hydrogen (secondary N) is 1. The second kappa shape index (κ2) is 6.29. The lowest BCUT2D eigenvalue weighted by molar-refractivity contribution is 0.0690. The van der Waals surface area contributed by atoms with Crippen LogP contribution in [0.15, 0.2) is 30.3 Å². The van der Waals surface area contributed by atoms with Gasteiger partial charge in [-0.15, -0.1) is 0 Å². The summed E-state index contributed by atoms with van der Waals surface area (Å²) in [5.41, 5.74) is 2.09. The van der Waals surface area contributed by atoms with Crippen LogP contribution >= 0.6 is 0 Å². The van der Waals surface area contributed by atoms with Gasteiger partial charge in [0.05, 0.1) is 11.4 Å². The molecular formula is C14H17N3O4S. The van der Waals surface area contributed by atoms with Gasteiger partial charge in [-0.05, 0) is 37.2 Å². The summed E-state index contributed by atoms with van der Waals surface area (Å²) in [5.74, 6) is -1.19. The SMILES string of the molecule is CCc1cc(C(=O)O)nn1-c1ccc(CS(=O)(=O)NC)cc1. The lowest BCUT2D eigenvalue weighted by Crippen LogP contribution is -2.20. The van der Waals surface area contributed by atoms with E-state index in [0.29, 0.717) is 17.7 Å². The fourth-order valence-corrected chi connectivity index (χ4v) is 2.80. The van der Waals surface area contributed by atoms with Crippen molar-refractivity contribution in [3.63, 3.8) is 0 Å². The number of sulfonamides is 1. The van der Waals surface area contributed by atoms with Crippen molar-refractivity contribution in [2.24, 2.45) is 0 Å². The summed E-state index contributed by atoms with van der Waals surface area (Å²) in [6.45, 7) is 1.91. The normalized spacial score (nSPS) is 11.5. The molecule has 0 spiro atoms. The van der Waals surface area contributed by atoms with Gasteiger partial charge in [0, 0.05) is 5.69 Å². The molecule has 0 amide bonds. The Bertz CT molecular complexity index is 779. The molecule has 118 valence electrons. The highest BCUT2D eigenvalue weighted by molar-refractivity contribution is 7.88. The predicted molar refractivity (Wildman–Crippen MR) is 81.6 cm³/mol. The Balaban J connectivity index is 2.33. The molecule has 0 aliphatic carbocycles. The zero-order valence-electron chi connectivity index (χ0n) is 12.3. The number of carboxylic acid groups (broad SMARTS) is 1. The van der Waals surface area contributed by atoms with Crippen LogP contribution in [-0.2, 0) is 22.2 Å². The Morgan fingerprint density at radius 2 is 1.95 bits per heavy atom. The van der Waals surface area contributed by atoms with Crippen molar-refractivity contribution in [1.29, 1.82) is 0 Å². The number of benzene rings is 1. The highest BCUT2D eigenvalue weighted by Crippen LogP contribution is 2.15. The van der Waals surface area contributed by atoms with E-state index in [1.807, 2.05) is 6.92 Å². The molecule has 0 bridgehead atoms. The molecule has 0 unspecified atom stereocenters. The van der Waals surface area contributed by atoms with Crippen LogP contribution in [0.1, 0.15) is 28.7 Å². The highest BCUT2D eigenvalue weighted by atomic mass is 32.2. The van der Waals surface area contributed by atoms with E-state index in [-0.39, 0.29) is 11.4 Å². The van der Waals surface area contributed by atoms with Crippen LogP contribution in [0.5, 0.6) is 0 Å². The van der Waals surface area contributed by atoms with E-state index in [9.17, 15) is 13.2 Å². The van der Waals surface area contributed by atoms with E-state index in [1.54, 1.807) is 28.9 Å². The van der Waals surface area contributed by atoms with Gasteiger partial charge in [-0.3, -0.25) is 0 Å². The second-order valence-corrected chi connectivity index (χ2v) is 6.65. The number of aryl methyl sites for hydroxylation is 1. The Hall–Kier alpha value is -2.19. The molecule has 22 heavy (non-hydrogen) atoms. The quantitative estimate of drug-likeness (QED) is 0.831. The zero-order valence-corrected chi connectivity index (χ0v) is 13.1. The van der Waals surface area contributed by atoms with Crippen LogP contribution in [0, 0.1) is 0 Å². The fraction of sp³-hybridized carbons (Fsp3) is 0.286. The first-order chi connectivity index (χ1) is 10.4. The van der Waals surface area contributed by atoms with Gasteiger partial charge in [0.25, 0.3) is 0 Å². The minimum absolute atomic E-state index is 0.0151. The molecule has 7 nitrogen and oxygen atoms in total. The maximum atomic E-state index is 11.5. The van der Waals surface area contributed by atoms with E-state index in [2.05, 4.69) is 9.82 Å². The number of carbonyl (C=O) groups is 1. The Labute approximate surface area is 128 Å². The Morgan fingerprint density at radius 3 is 2.45 bits per heavy atom. The van der Waals surface area contributed by atoms with Gasteiger partial charge in [0.2, 0.25) is 10.0 Å². The van der Waals surface area contributed by atoms with Crippen LogP contribution in [-0.4, -0.2) is 36.3 Å². The molecule has 2 rings (SSSR count). The topological polar surface area (TPSA) is 101 Å². The molecule has 2 aromatic rings. The van der Waals surface area contributed by atoms with Crippen molar-refractivity contribution in [1.82, 2.24) is 14.5 Å². The van der Waals surface area contributed by atoms with E-state index >= 15 is 0 Å². The third-order valence-electron chi connectivity index (χ3n) is 3.21. The monoisotopic (exact) mass is 323 g/mol. The van der Waals surface area contributed by atoms with Crippen molar-refractivity contribution in [2.75, 3.05) is 7.05 Å². The molecule has 1 aromatic heterocycles. The fourth-order valence-electron chi connectivity index (χ4n) is 2.02. The largest absolute Gasteiger partial charge is 0.476 e. The number of carboxylic acids is 1. The summed E-state index contributed by atoms with van der Waals surface area (Å²) < 4.78 is 26.8. The third-order valence-corrected chi connectivity index (χ3v) is 4.55. The van der Waals surface area contributed by atoms with Crippen LogP contribution in [0.25, 0.3) is 5.69 Å². The van der Waals surface area contributed by atoms with E-state index in [1.165, 1.54) is 13.1 Å². The number of hydrogen-bond acceptors (Lipinski definition) is 4. The van der Waals surface area contributed by atoms with Crippen LogP contribution < -0.4 is 4.72 Å². The lowest BCUT2D eigenvalue weighted by atomic mass is 10.2. The minimum atomic E-state index is -3.32. The number of aromatic nitrogens is 2. The molecule has 0 fully saturated rings. The average molecular weight is 323 g/mol. The van der Waals surface area contributed by atoms with Gasteiger partial charge in [0.1, 0.15) is 0 Å². The molecule has 2 N–H and O–H groups in total. The molecule has 1 heterocycles. The van der Waals surface area contributed by atoms with Gasteiger partial charge < -0.3 is 5.11 Å². The van der Waals surface area contributed by atoms with Crippen molar-refractivity contribution in [2.45, 2.75) is 19.1 Å². The smallest absolute Gasteiger partial charge is 0.356 e. The van der Waals surface area contributed by atoms with Crippen LogP contribution in [0.2, 0.25) is 0 Å². The number of nitrogens with zero attached hydrogens (tertiary/aromatic N) is 2. The molecule has 1 aromatic carbocycles. The average Bonchev–Trinajstić information content (AvgIpc) is 2.92. The second-order valence-electron chi connectivity index (χ2n) is 4.72. The summed E-state index contributed by atoms with van der Waals surface area (Å²) in [5, 5.41) is 13.1. The number of hydrogen-bond donors (Lipinski definition) is 2. The first-order valence-corrected chi connectivity index (χ1v) is 8.34. The molecular weight excluding hydrogens is 306 g/mol. The van der Waals surface area contributed by atoms with Gasteiger partial charge in [-0.2, -0.15) is 5.10 Å². The van der Waals surface area contributed by atoms with E-state index in [0.717, 1.165) is 5.69 Å². The van der Waals surface area contributed by atoms with Gasteiger partial charge in [0.15, 0.2) is 5.69 Å². The number of rotatable bonds is 6. The first-order valence-electron chi connectivity index (χ1n) is 6.69. The highest BCUT2D eigenvalue weighted by Gasteiger charge is 2.14. The molecule has 0 aliphatic rings. The van der Waals surface area contributed by atoms with Crippen molar-refractivity contribution in [3.05, 3.63) is 47.3 Å². The predicted octanol–water partition coefficient (Wildman–Crippen LogP) is 1.18. The lowest BCUT2D eigenvalue weighted by Gasteiger charge is -2.07. The zero-order chi connectivity index (χ0) is 16.3. The number of aromatic carboxylic acids is 1. The minimum Gasteiger partial charge on any atom is -0.476 e. The van der Waals surface area contributed by atoms with E-state index < -0.39 is 16.0 Å². The molecule has 0 saturated carbocycles. The molecule has 0 radical (unpaired) electrons.